The fraction of sp³-hybridized carbons (Fsp3) is 0.200. The summed E-state index contributed by atoms with van der Waals surface area (Å²) in [5, 5.41) is 12.9. The Hall–Kier alpha value is -3.02. The van der Waals surface area contributed by atoms with Crippen LogP contribution >= 0.6 is 23.2 Å². The number of carboxylic acid groups (broad SMARTS) is 1. The number of halogens is 2. The number of hydrogen-bond donors (Lipinski definition) is 2. The Morgan fingerprint density at radius 3 is 2.16 bits per heavy atom. The van der Waals surface area contributed by atoms with Gasteiger partial charge in [0.25, 0.3) is 0 Å². The number of hydrogen-bond acceptors (Lipinski definition) is 3. The topological polar surface area (TPSA) is 75.6 Å². The van der Waals surface area contributed by atoms with Crippen molar-refractivity contribution in [2.24, 2.45) is 5.92 Å². The Kier molecular flexibility index (Phi) is 6.68. The van der Waals surface area contributed by atoms with E-state index in [9.17, 15) is 14.7 Å². The van der Waals surface area contributed by atoms with Gasteiger partial charge in [-0.3, -0.25) is 4.79 Å². The molecule has 4 rings (SSSR count). The zero-order valence-electron chi connectivity index (χ0n) is 17.1. The SMILES string of the molecule is O=C(NCC(Cc1ccc(Cl)c(Cl)c1)C(=O)O)OCC1c2ccccc2-c2ccccc21. The lowest BCUT2D eigenvalue weighted by Crippen LogP contribution is -2.35. The summed E-state index contributed by atoms with van der Waals surface area (Å²) in [6.07, 6.45) is -0.442. The van der Waals surface area contributed by atoms with Crippen LogP contribution in [-0.2, 0) is 16.0 Å². The van der Waals surface area contributed by atoms with Gasteiger partial charge in [-0.2, -0.15) is 0 Å². The van der Waals surface area contributed by atoms with E-state index in [-0.39, 0.29) is 25.5 Å². The van der Waals surface area contributed by atoms with Gasteiger partial charge in [0.15, 0.2) is 0 Å². The molecule has 0 saturated carbocycles. The molecule has 0 spiro atoms. The number of carboxylic acids is 1. The van der Waals surface area contributed by atoms with Gasteiger partial charge in [-0.1, -0.05) is 77.8 Å². The van der Waals surface area contributed by atoms with E-state index in [1.807, 2.05) is 36.4 Å². The molecule has 3 aromatic rings. The highest BCUT2D eigenvalue weighted by Gasteiger charge is 2.29. The lowest BCUT2D eigenvalue weighted by atomic mass is 9.98. The molecule has 0 radical (unpaired) electrons. The second-order valence-electron chi connectivity index (χ2n) is 7.69. The first-order valence-corrected chi connectivity index (χ1v) is 10.9. The molecule has 7 heteroatoms. The van der Waals surface area contributed by atoms with Gasteiger partial charge >= 0.3 is 12.1 Å². The predicted octanol–water partition coefficient (Wildman–Crippen LogP) is 5.78. The highest BCUT2D eigenvalue weighted by atomic mass is 35.5. The van der Waals surface area contributed by atoms with Gasteiger partial charge in [0, 0.05) is 12.5 Å². The standard InChI is InChI=1S/C25H21Cl2NO4/c26-22-10-9-15(12-23(22)27)11-16(24(29)30)13-28-25(31)32-14-21-19-7-3-1-5-17(19)18-6-2-4-8-20(18)21/h1-10,12,16,21H,11,13-14H2,(H,28,31)(H,29,30). The highest BCUT2D eigenvalue weighted by molar-refractivity contribution is 6.42. The summed E-state index contributed by atoms with van der Waals surface area (Å²) in [5.41, 5.74) is 5.24. The summed E-state index contributed by atoms with van der Waals surface area (Å²) in [4.78, 5) is 24.0. The highest BCUT2D eigenvalue weighted by Crippen LogP contribution is 2.44. The zero-order valence-corrected chi connectivity index (χ0v) is 18.6. The normalized spacial score (nSPS) is 13.2. The maximum absolute atomic E-state index is 12.3. The van der Waals surface area contributed by atoms with Gasteiger partial charge in [-0.25, -0.2) is 4.79 Å². The molecule has 3 aromatic carbocycles. The van der Waals surface area contributed by atoms with Crippen LogP contribution in [0.25, 0.3) is 11.1 Å². The van der Waals surface area contributed by atoms with Crippen LogP contribution in [-0.4, -0.2) is 30.3 Å². The van der Waals surface area contributed by atoms with Crippen molar-refractivity contribution in [3.05, 3.63) is 93.5 Å². The summed E-state index contributed by atoms with van der Waals surface area (Å²) < 4.78 is 5.47. The van der Waals surface area contributed by atoms with Crippen LogP contribution in [0.4, 0.5) is 4.79 Å². The van der Waals surface area contributed by atoms with E-state index >= 15 is 0 Å². The van der Waals surface area contributed by atoms with Gasteiger partial charge in [0.1, 0.15) is 6.61 Å². The third-order valence-electron chi connectivity index (χ3n) is 5.65. The summed E-state index contributed by atoms with van der Waals surface area (Å²) in [7, 11) is 0. The number of carbonyl (C=O) groups is 2. The van der Waals surface area contributed by atoms with Crippen molar-refractivity contribution in [3.8, 4) is 11.1 Å². The Balaban J connectivity index is 1.36. The number of amides is 1. The van der Waals surface area contributed by atoms with E-state index in [0.29, 0.717) is 10.0 Å². The fourth-order valence-corrected chi connectivity index (χ4v) is 4.37. The number of carbonyl (C=O) groups excluding carboxylic acids is 1. The number of rotatable bonds is 7. The van der Waals surface area contributed by atoms with Crippen molar-refractivity contribution in [3.63, 3.8) is 0 Å². The molecular formula is C25H21Cl2NO4. The minimum absolute atomic E-state index is 0.0559. The summed E-state index contributed by atoms with van der Waals surface area (Å²) in [6, 6.07) is 21.1. The maximum atomic E-state index is 12.3. The molecule has 0 fully saturated rings. The summed E-state index contributed by atoms with van der Waals surface area (Å²) >= 11 is 11.9. The molecule has 1 atom stereocenters. The zero-order chi connectivity index (χ0) is 22.7. The first-order chi connectivity index (χ1) is 15.4. The first kappa shape index (κ1) is 22.2. The Morgan fingerprint density at radius 1 is 0.938 bits per heavy atom. The van der Waals surface area contributed by atoms with Crippen molar-refractivity contribution < 1.29 is 19.4 Å². The van der Waals surface area contributed by atoms with Crippen molar-refractivity contribution in [1.82, 2.24) is 5.32 Å². The Morgan fingerprint density at radius 2 is 1.56 bits per heavy atom. The first-order valence-electron chi connectivity index (χ1n) is 10.2. The van der Waals surface area contributed by atoms with E-state index in [4.69, 9.17) is 27.9 Å². The molecule has 0 aromatic heterocycles. The van der Waals surface area contributed by atoms with E-state index in [2.05, 4.69) is 17.4 Å². The average molecular weight is 470 g/mol. The Bertz CT molecular complexity index is 1120. The minimum atomic E-state index is -1.02. The van der Waals surface area contributed by atoms with Crippen molar-refractivity contribution in [2.45, 2.75) is 12.3 Å². The quantitative estimate of drug-likeness (QED) is 0.460. The maximum Gasteiger partial charge on any atom is 0.407 e. The third kappa shape index (κ3) is 4.74. The molecule has 1 unspecified atom stereocenters. The Labute approximate surface area is 195 Å². The number of ether oxygens (including phenoxy) is 1. The fourth-order valence-electron chi connectivity index (χ4n) is 4.05. The predicted molar refractivity (Wildman–Crippen MR) is 124 cm³/mol. The largest absolute Gasteiger partial charge is 0.481 e. The van der Waals surface area contributed by atoms with Gasteiger partial charge in [0.05, 0.1) is 16.0 Å². The second-order valence-corrected chi connectivity index (χ2v) is 8.51. The van der Waals surface area contributed by atoms with Crippen molar-refractivity contribution in [2.75, 3.05) is 13.2 Å². The van der Waals surface area contributed by atoms with Crippen LogP contribution in [0.3, 0.4) is 0 Å². The van der Waals surface area contributed by atoms with Gasteiger partial charge in [-0.15, -0.1) is 0 Å². The number of alkyl carbamates (subject to hydrolysis) is 1. The van der Waals surface area contributed by atoms with Crippen molar-refractivity contribution >= 4 is 35.3 Å². The number of fused-ring (bicyclic) bond motifs is 3. The van der Waals surface area contributed by atoms with Gasteiger partial charge in [0.2, 0.25) is 0 Å². The van der Waals surface area contributed by atoms with Crippen LogP contribution in [0.2, 0.25) is 10.0 Å². The smallest absolute Gasteiger partial charge is 0.407 e. The second kappa shape index (κ2) is 9.63. The van der Waals surface area contributed by atoms with E-state index in [1.165, 1.54) is 0 Å². The number of nitrogens with one attached hydrogen (secondary N) is 1. The van der Waals surface area contributed by atoms with Crippen LogP contribution in [0.1, 0.15) is 22.6 Å². The van der Waals surface area contributed by atoms with E-state index in [0.717, 1.165) is 27.8 Å². The molecule has 1 aliphatic carbocycles. The van der Waals surface area contributed by atoms with Crippen molar-refractivity contribution in [1.29, 1.82) is 0 Å². The van der Waals surface area contributed by atoms with Gasteiger partial charge < -0.3 is 15.2 Å². The van der Waals surface area contributed by atoms with Gasteiger partial charge in [-0.05, 0) is 46.4 Å². The number of aliphatic carboxylic acids is 1. The number of benzene rings is 3. The molecule has 164 valence electrons. The molecule has 2 N–H and O–H groups in total. The molecule has 1 aliphatic rings. The van der Waals surface area contributed by atoms with Crippen LogP contribution in [0.5, 0.6) is 0 Å². The summed E-state index contributed by atoms with van der Waals surface area (Å²) in [6.45, 7) is 0.108. The monoisotopic (exact) mass is 469 g/mol. The molecule has 0 saturated heterocycles. The van der Waals surface area contributed by atoms with Crippen LogP contribution < -0.4 is 5.32 Å². The molecule has 5 nitrogen and oxygen atoms in total. The third-order valence-corrected chi connectivity index (χ3v) is 6.39. The lowest BCUT2D eigenvalue weighted by Gasteiger charge is -2.16. The molecule has 32 heavy (non-hydrogen) atoms. The molecular weight excluding hydrogens is 449 g/mol. The average Bonchev–Trinajstić information content (AvgIpc) is 3.11. The van der Waals surface area contributed by atoms with Crippen LogP contribution in [0, 0.1) is 5.92 Å². The molecule has 1 amide bonds. The van der Waals surface area contributed by atoms with Crippen LogP contribution in [0.15, 0.2) is 66.7 Å². The van der Waals surface area contributed by atoms with E-state index < -0.39 is 18.0 Å². The lowest BCUT2D eigenvalue weighted by molar-refractivity contribution is -0.141. The minimum Gasteiger partial charge on any atom is -0.481 e. The molecule has 0 heterocycles. The summed E-state index contributed by atoms with van der Waals surface area (Å²) in [5.74, 6) is -1.90. The van der Waals surface area contributed by atoms with E-state index in [1.54, 1.807) is 18.2 Å². The molecule has 0 bridgehead atoms. The molecule has 0 aliphatic heterocycles.